The van der Waals surface area contributed by atoms with Crippen LogP contribution in [0.4, 0.5) is 10.1 Å². The summed E-state index contributed by atoms with van der Waals surface area (Å²) in [6, 6.07) is 5.91. The van der Waals surface area contributed by atoms with E-state index in [2.05, 4.69) is 0 Å². The molecule has 0 saturated carbocycles. The van der Waals surface area contributed by atoms with Gasteiger partial charge in [0.2, 0.25) is 0 Å². The zero-order valence-corrected chi connectivity index (χ0v) is 11.0. The summed E-state index contributed by atoms with van der Waals surface area (Å²) in [4.78, 5) is 14.0. The average Bonchev–Trinajstić information content (AvgIpc) is 2.90. The lowest BCUT2D eigenvalue weighted by atomic mass is 10.1. The van der Waals surface area contributed by atoms with E-state index in [-0.39, 0.29) is 17.8 Å². The lowest BCUT2D eigenvalue weighted by Gasteiger charge is -2.24. The lowest BCUT2D eigenvalue weighted by molar-refractivity contribution is -0.129. The molecule has 1 aromatic carbocycles. The standard InChI is InChI=1S/C14H19FN2O2/c1-2-17(11-5-3-10(15)4-6-11)14(18)13-8-7-12(9-16)19-13/h3-6,12-13H,2,7-9,16H2,1H3. The number of nitrogens with zero attached hydrogens (tertiary/aromatic N) is 1. The van der Waals surface area contributed by atoms with E-state index in [4.69, 9.17) is 10.5 Å². The minimum Gasteiger partial charge on any atom is -0.364 e. The van der Waals surface area contributed by atoms with E-state index in [1.54, 1.807) is 17.0 Å². The highest BCUT2D eigenvalue weighted by atomic mass is 19.1. The SMILES string of the molecule is CCN(C(=O)C1CCC(CN)O1)c1ccc(F)cc1. The molecular formula is C14H19FN2O2. The second kappa shape index (κ2) is 6.12. The van der Waals surface area contributed by atoms with Crippen molar-refractivity contribution in [2.75, 3.05) is 18.0 Å². The zero-order chi connectivity index (χ0) is 13.8. The number of likely N-dealkylation sites (N-methyl/N-ethyl adjacent to an activating group) is 1. The fourth-order valence-corrected chi connectivity index (χ4v) is 2.32. The number of rotatable bonds is 4. The van der Waals surface area contributed by atoms with Gasteiger partial charge in [0.05, 0.1) is 6.10 Å². The van der Waals surface area contributed by atoms with Gasteiger partial charge in [0.15, 0.2) is 0 Å². The van der Waals surface area contributed by atoms with Crippen LogP contribution in [0.15, 0.2) is 24.3 Å². The predicted octanol–water partition coefficient (Wildman–Crippen LogP) is 1.68. The van der Waals surface area contributed by atoms with Crippen LogP contribution in [0.3, 0.4) is 0 Å². The minimum atomic E-state index is -0.432. The number of halogens is 1. The first kappa shape index (κ1) is 14.0. The fourth-order valence-electron chi connectivity index (χ4n) is 2.32. The van der Waals surface area contributed by atoms with Crippen molar-refractivity contribution in [3.63, 3.8) is 0 Å². The van der Waals surface area contributed by atoms with Crippen molar-refractivity contribution in [1.82, 2.24) is 0 Å². The van der Waals surface area contributed by atoms with Crippen LogP contribution in [-0.4, -0.2) is 31.2 Å². The molecule has 1 aliphatic heterocycles. The molecule has 0 bridgehead atoms. The second-order valence-electron chi connectivity index (χ2n) is 4.62. The van der Waals surface area contributed by atoms with Crippen LogP contribution in [0, 0.1) is 5.82 Å². The summed E-state index contributed by atoms with van der Waals surface area (Å²) in [7, 11) is 0. The molecule has 0 aromatic heterocycles. The van der Waals surface area contributed by atoms with Gasteiger partial charge >= 0.3 is 0 Å². The van der Waals surface area contributed by atoms with Gasteiger partial charge in [-0.05, 0) is 44.0 Å². The van der Waals surface area contributed by atoms with Crippen LogP contribution >= 0.6 is 0 Å². The van der Waals surface area contributed by atoms with Gasteiger partial charge in [-0.1, -0.05) is 0 Å². The zero-order valence-electron chi connectivity index (χ0n) is 11.0. The number of hydrogen-bond donors (Lipinski definition) is 1. The third-order valence-corrected chi connectivity index (χ3v) is 3.37. The van der Waals surface area contributed by atoms with Gasteiger partial charge in [0.25, 0.3) is 5.91 Å². The van der Waals surface area contributed by atoms with Gasteiger partial charge in [-0.25, -0.2) is 4.39 Å². The Hall–Kier alpha value is -1.46. The molecule has 4 nitrogen and oxygen atoms in total. The van der Waals surface area contributed by atoms with Crippen LogP contribution in [-0.2, 0) is 9.53 Å². The Labute approximate surface area is 112 Å². The quantitative estimate of drug-likeness (QED) is 0.902. The molecule has 19 heavy (non-hydrogen) atoms. The number of benzene rings is 1. The van der Waals surface area contributed by atoms with Gasteiger partial charge in [-0.2, -0.15) is 0 Å². The average molecular weight is 266 g/mol. The van der Waals surface area contributed by atoms with E-state index < -0.39 is 6.10 Å². The predicted molar refractivity (Wildman–Crippen MR) is 71.4 cm³/mol. The molecule has 5 heteroatoms. The molecule has 1 amide bonds. The van der Waals surface area contributed by atoms with Gasteiger partial charge < -0.3 is 15.4 Å². The fraction of sp³-hybridized carbons (Fsp3) is 0.500. The first-order valence-corrected chi connectivity index (χ1v) is 6.58. The maximum absolute atomic E-state index is 12.9. The third kappa shape index (κ3) is 3.11. The first-order chi connectivity index (χ1) is 9.15. The van der Waals surface area contributed by atoms with Crippen LogP contribution in [0.2, 0.25) is 0 Å². The maximum Gasteiger partial charge on any atom is 0.256 e. The van der Waals surface area contributed by atoms with Crippen molar-refractivity contribution in [2.45, 2.75) is 32.0 Å². The monoisotopic (exact) mass is 266 g/mol. The Morgan fingerprint density at radius 2 is 2.11 bits per heavy atom. The number of anilines is 1. The molecule has 0 aliphatic carbocycles. The van der Waals surface area contributed by atoms with E-state index >= 15 is 0 Å². The largest absolute Gasteiger partial charge is 0.364 e. The molecule has 1 heterocycles. The summed E-state index contributed by atoms with van der Waals surface area (Å²) >= 11 is 0. The summed E-state index contributed by atoms with van der Waals surface area (Å²) < 4.78 is 18.5. The van der Waals surface area contributed by atoms with E-state index in [0.29, 0.717) is 25.2 Å². The Morgan fingerprint density at radius 3 is 2.63 bits per heavy atom. The molecular weight excluding hydrogens is 247 g/mol. The summed E-state index contributed by atoms with van der Waals surface area (Å²) in [5.41, 5.74) is 6.23. The summed E-state index contributed by atoms with van der Waals surface area (Å²) in [5, 5.41) is 0. The van der Waals surface area contributed by atoms with Gasteiger partial charge in [-0.3, -0.25) is 4.79 Å². The number of amides is 1. The number of hydrogen-bond acceptors (Lipinski definition) is 3. The number of ether oxygens (including phenoxy) is 1. The Morgan fingerprint density at radius 1 is 1.42 bits per heavy atom. The summed E-state index contributed by atoms with van der Waals surface area (Å²) in [5.74, 6) is -0.391. The van der Waals surface area contributed by atoms with E-state index in [0.717, 1.165) is 6.42 Å². The molecule has 1 saturated heterocycles. The highest BCUT2D eigenvalue weighted by Gasteiger charge is 2.32. The number of nitrogens with two attached hydrogens (primary N) is 1. The topological polar surface area (TPSA) is 55.6 Å². The van der Waals surface area contributed by atoms with Crippen LogP contribution in [0.5, 0.6) is 0 Å². The molecule has 104 valence electrons. The molecule has 0 radical (unpaired) electrons. The van der Waals surface area contributed by atoms with Crippen molar-refractivity contribution in [1.29, 1.82) is 0 Å². The molecule has 2 atom stereocenters. The maximum atomic E-state index is 12.9. The Bertz CT molecular complexity index is 436. The van der Waals surface area contributed by atoms with Gasteiger partial charge in [0.1, 0.15) is 11.9 Å². The Balaban J connectivity index is 2.09. The highest BCUT2D eigenvalue weighted by molar-refractivity contribution is 5.96. The molecule has 1 fully saturated rings. The second-order valence-corrected chi connectivity index (χ2v) is 4.62. The minimum absolute atomic E-state index is 0.0270. The Kier molecular flexibility index (Phi) is 4.50. The van der Waals surface area contributed by atoms with Crippen molar-refractivity contribution < 1.29 is 13.9 Å². The van der Waals surface area contributed by atoms with Crippen molar-refractivity contribution in [3.05, 3.63) is 30.1 Å². The highest BCUT2D eigenvalue weighted by Crippen LogP contribution is 2.23. The van der Waals surface area contributed by atoms with Gasteiger partial charge in [-0.15, -0.1) is 0 Å². The third-order valence-electron chi connectivity index (χ3n) is 3.37. The smallest absolute Gasteiger partial charge is 0.256 e. The van der Waals surface area contributed by atoms with Crippen molar-refractivity contribution in [3.8, 4) is 0 Å². The lowest BCUT2D eigenvalue weighted by Crippen LogP contribution is -2.39. The van der Waals surface area contributed by atoms with E-state index in [1.165, 1.54) is 12.1 Å². The molecule has 2 N–H and O–H groups in total. The molecule has 2 unspecified atom stereocenters. The number of carbonyl (C=O) groups excluding carboxylic acids is 1. The first-order valence-electron chi connectivity index (χ1n) is 6.58. The molecule has 2 rings (SSSR count). The van der Waals surface area contributed by atoms with Gasteiger partial charge in [0, 0.05) is 18.8 Å². The van der Waals surface area contributed by atoms with Crippen molar-refractivity contribution >= 4 is 11.6 Å². The number of carbonyl (C=O) groups is 1. The van der Waals surface area contributed by atoms with E-state index in [1.807, 2.05) is 6.92 Å². The van der Waals surface area contributed by atoms with E-state index in [9.17, 15) is 9.18 Å². The van der Waals surface area contributed by atoms with Crippen LogP contribution < -0.4 is 10.6 Å². The summed E-state index contributed by atoms with van der Waals surface area (Å²) in [6.45, 7) is 2.85. The molecule has 1 aliphatic rings. The van der Waals surface area contributed by atoms with Crippen molar-refractivity contribution in [2.24, 2.45) is 5.73 Å². The normalized spacial score (nSPS) is 22.5. The summed E-state index contributed by atoms with van der Waals surface area (Å²) in [6.07, 6.45) is 1.05. The van der Waals surface area contributed by atoms with Crippen LogP contribution in [0.1, 0.15) is 19.8 Å². The molecule has 1 aromatic rings. The van der Waals surface area contributed by atoms with Crippen LogP contribution in [0.25, 0.3) is 0 Å². The molecule has 0 spiro atoms.